The average molecular weight is 388 g/mol. The van der Waals surface area contributed by atoms with Crippen molar-refractivity contribution in [1.82, 2.24) is 10.3 Å². The molecular formula is C20H25N3O3S. The van der Waals surface area contributed by atoms with Crippen LogP contribution >= 0.6 is 11.8 Å². The van der Waals surface area contributed by atoms with E-state index >= 15 is 0 Å². The number of aromatic amines is 1. The van der Waals surface area contributed by atoms with Crippen molar-refractivity contribution in [2.24, 2.45) is 0 Å². The fourth-order valence-electron chi connectivity index (χ4n) is 2.53. The smallest absolute Gasteiger partial charge is 0.253 e. The van der Waals surface area contributed by atoms with Crippen LogP contribution in [0.3, 0.4) is 0 Å². The molecule has 2 rings (SSSR count). The number of aryl methyl sites for hydroxylation is 3. The summed E-state index contributed by atoms with van der Waals surface area (Å²) in [7, 11) is 0. The van der Waals surface area contributed by atoms with Crippen LogP contribution in [0, 0.1) is 20.8 Å². The Morgan fingerprint density at radius 1 is 1.15 bits per heavy atom. The van der Waals surface area contributed by atoms with E-state index in [9.17, 15) is 14.4 Å². The van der Waals surface area contributed by atoms with Crippen LogP contribution in [0.4, 0.5) is 5.69 Å². The van der Waals surface area contributed by atoms with Gasteiger partial charge in [-0.05, 0) is 51.5 Å². The van der Waals surface area contributed by atoms with Gasteiger partial charge in [-0.1, -0.05) is 17.7 Å². The predicted octanol–water partition coefficient (Wildman–Crippen LogP) is 2.68. The quantitative estimate of drug-likeness (QED) is 0.681. The molecule has 7 heteroatoms. The highest BCUT2D eigenvalue weighted by Crippen LogP contribution is 2.13. The molecule has 0 unspecified atom stereocenters. The Balaban J connectivity index is 1.81. The highest BCUT2D eigenvalue weighted by Gasteiger charge is 2.16. The highest BCUT2D eigenvalue weighted by atomic mass is 32.2. The van der Waals surface area contributed by atoms with E-state index < -0.39 is 5.25 Å². The molecule has 0 aliphatic heterocycles. The molecule has 1 aromatic carbocycles. The van der Waals surface area contributed by atoms with Gasteiger partial charge in [0.1, 0.15) is 0 Å². The molecule has 2 aromatic rings. The fraction of sp³-hybridized carbons (Fsp3) is 0.350. The molecule has 1 aromatic heterocycles. The molecule has 1 heterocycles. The zero-order valence-corrected chi connectivity index (χ0v) is 16.8. The second kappa shape index (κ2) is 9.41. The van der Waals surface area contributed by atoms with Gasteiger partial charge in [-0.2, -0.15) is 0 Å². The summed E-state index contributed by atoms with van der Waals surface area (Å²) >= 11 is 1.25. The minimum atomic E-state index is -0.404. The van der Waals surface area contributed by atoms with E-state index in [4.69, 9.17) is 0 Å². The minimum absolute atomic E-state index is 0.158. The van der Waals surface area contributed by atoms with Crippen molar-refractivity contribution in [1.29, 1.82) is 0 Å². The van der Waals surface area contributed by atoms with Gasteiger partial charge in [-0.15, -0.1) is 11.8 Å². The summed E-state index contributed by atoms with van der Waals surface area (Å²) in [4.78, 5) is 39.0. The summed E-state index contributed by atoms with van der Waals surface area (Å²) in [5, 5.41) is 5.17. The van der Waals surface area contributed by atoms with E-state index in [1.54, 1.807) is 6.92 Å². The summed E-state index contributed by atoms with van der Waals surface area (Å²) in [6, 6.07) is 9.41. The van der Waals surface area contributed by atoms with E-state index in [0.29, 0.717) is 5.56 Å². The Bertz CT molecular complexity index is 875. The number of hydrogen-bond donors (Lipinski definition) is 3. The molecule has 27 heavy (non-hydrogen) atoms. The normalized spacial score (nSPS) is 11.7. The van der Waals surface area contributed by atoms with Gasteiger partial charge in [0.15, 0.2) is 0 Å². The number of thioether (sulfide) groups is 1. The number of pyridine rings is 1. The fourth-order valence-corrected chi connectivity index (χ4v) is 3.24. The van der Waals surface area contributed by atoms with Gasteiger partial charge in [-0.3, -0.25) is 14.4 Å². The second-order valence-corrected chi connectivity index (χ2v) is 7.86. The van der Waals surface area contributed by atoms with Gasteiger partial charge in [0, 0.05) is 23.5 Å². The number of nitrogens with one attached hydrogen (secondary N) is 3. The van der Waals surface area contributed by atoms with Gasteiger partial charge in [0.25, 0.3) is 5.56 Å². The van der Waals surface area contributed by atoms with E-state index in [1.165, 1.54) is 11.8 Å². The molecule has 6 nitrogen and oxygen atoms in total. The highest BCUT2D eigenvalue weighted by molar-refractivity contribution is 8.01. The number of amides is 2. The Morgan fingerprint density at radius 3 is 2.44 bits per heavy atom. The molecule has 0 spiro atoms. The first-order chi connectivity index (χ1) is 12.8. The molecule has 2 amide bonds. The van der Waals surface area contributed by atoms with Crippen molar-refractivity contribution in [3.63, 3.8) is 0 Å². The van der Waals surface area contributed by atoms with Crippen molar-refractivity contribution in [3.05, 3.63) is 63.1 Å². The van der Waals surface area contributed by atoms with Gasteiger partial charge in [0.2, 0.25) is 11.8 Å². The monoisotopic (exact) mass is 387 g/mol. The van der Waals surface area contributed by atoms with E-state index in [-0.39, 0.29) is 29.7 Å². The minimum Gasteiger partial charge on any atom is -0.351 e. The lowest BCUT2D eigenvalue weighted by molar-refractivity contribution is -0.120. The van der Waals surface area contributed by atoms with Crippen molar-refractivity contribution < 1.29 is 9.59 Å². The van der Waals surface area contributed by atoms with Crippen molar-refractivity contribution in [2.45, 2.75) is 39.5 Å². The predicted molar refractivity (Wildman–Crippen MR) is 110 cm³/mol. The van der Waals surface area contributed by atoms with Crippen LogP contribution in [-0.4, -0.2) is 27.8 Å². The van der Waals surface area contributed by atoms with E-state index in [0.717, 1.165) is 22.5 Å². The summed E-state index contributed by atoms with van der Waals surface area (Å²) in [5.41, 5.74) is 3.84. The molecule has 0 fully saturated rings. The van der Waals surface area contributed by atoms with Crippen LogP contribution in [0.15, 0.2) is 35.1 Å². The zero-order valence-electron chi connectivity index (χ0n) is 16.0. The topological polar surface area (TPSA) is 91.1 Å². The first kappa shape index (κ1) is 20.8. The number of carbonyl (C=O) groups is 2. The third kappa shape index (κ3) is 6.29. The molecule has 0 saturated carbocycles. The van der Waals surface area contributed by atoms with Crippen LogP contribution in [0.1, 0.15) is 29.3 Å². The molecule has 144 valence electrons. The maximum absolute atomic E-state index is 12.2. The molecular weight excluding hydrogens is 362 g/mol. The summed E-state index contributed by atoms with van der Waals surface area (Å²) in [6.45, 7) is 7.55. The maximum atomic E-state index is 12.2. The lowest BCUT2D eigenvalue weighted by Gasteiger charge is -2.13. The lowest BCUT2D eigenvalue weighted by Crippen LogP contribution is -2.33. The number of aromatic nitrogens is 1. The van der Waals surface area contributed by atoms with Crippen molar-refractivity contribution in [2.75, 3.05) is 11.1 Å². The summed E-state index contributed by atoms with van der Waals surface area (Å²) in [5.74, 6) is -0.191. The van der Waals surface area contributed by atoms with Gasteiger partial charge >= 0.3 is 0 Å². The lowest BCUT2D eigenvalue weighted by atomic mass is 10.1. The number of anilines is 1. The van der Waals surface area contributed by atoms with Crippen molar-refractivity contribution >= 4 is 29.3 Å². The molecule has 1 atom stereocenters. The summed E-state index contributed by atoms with van der Waals surface area (Å²) in [6.07, 6.45) is 0. The Kier molecular flexibility index (Phi) is 7.24. The standard InChI is InChI=1S/C20H25N3O3S/c1-12-5-7-16(8-6-12)23-18(24)11-27-15(4)19(25)21-10-17-13(2)9-14(3)22-20(17)26/h5-9,15H,10-11H2,1-4H3,(H,21,25)(H,22,26)(H,23,24)/t15-/m1/s1. The number of carbonyl (C=O) groups excluding carboxylic acids is 2. The molecule has 0 radical (unpaired) electrons. The Labute approximate surface area is 163 Å². The zero-order chi connectivity index (χ0) is 20.0. The second-order valence-electron chi connectivity index (χ2n) is 6.53. The molecule has 0 bridgehead atoms. The number of H-pyrrole nitrogens is 1. The Hall–Kier alpha value is -2.54. The van der Waals surface area contributed by atoms with Gasteiger partial charge in [0.05, 0.1) is 11.0 Å². The Morgan fingerprint density at radius 2 is 1.81 bits per heavy atom. The number of rotatable bonds is 7. The summed E-state index contributed by atoms with van der Waals surface area (Å²) < 4.78 is 0. The maximum Gasteiger partial charge on any atom is 0.253 e. The first-order valence-electron chi connectivity index (χ1n) is 8.71. The van der Waals surface area contributed by atoms with Crippen LogP contribution < -0.4 is 16.2 Å². The number of hydrogen-bond acceptors (Lipinski definition) is 4. The van der Waals surface area contributed by atoms with Crippen LogP contribution in [0.25, 0.3) is 0 Å². The molecule has 3 N–H and O–H groups in total. The molecule has 0 aliphatic rings. The van der Waals surface area contributed by atoms with E-state index in [2.05, 4.69) is 15.6 Å². The van der Waals surface area contributed by atoms with Gasteiger partial charge in [-0.25, -0.2) is 0 Å². The number of benzene rings is 1. The van der Waals surface area contributed by atoms with Crippen molar-refractivity contribution in [3.8, 4) is 0 Å². The van der Waals surface area contributed by atoms with E-state index in [1.807, 2.05) is 51.1 Å². The SMILES string of the molecule is Cc1ccc(NC(=O)CS[C@H](C)C(=O)NCc2c(C)cc(C)[nH]c2=O)cc1. The largest absolute Gasteiger partial charge is 0.351 e. The van der Waals surface area contributed by atoms with Gasteiger partial charge < -0.3 is 15.6 Å². The third-order valence-corrected chi connectivity index (χ3v) is 5.25. The van der Waals surface area contributed by atoms with Crippen LogP contribution in [-0.2, 0) is 16.1 Å². The average Bonchev–Trinajstić information content (AvgIpc) is 2.60. The van der Waals surface area contributed by atoms with Crippen LogP contribution in [0.2, 0.25) is 0 Å². The third-order valence-electron chi connectivity index (χ3n) is 4.10. The molecule has 0 aliphatic carbocycles. The first-order valence-corrected chi connectivity index (χ1v) is 9.76. The van der Waals surface area contributed by atoms with Crippen LogP contribution in [0.5, 0.6) is 0 Å². The molecule has 0 saturated heterocycles.